The third-order valence-corrected chi connectivity index (χ3v) is 6.74. The van der Waals surface area contributed by atoms with Crippen molar-refractivity contribution in [2.75, 3.05) is 30.8 Å². The van der Waals surface area contributed by atoms with E-state index in [1.165, 1.54) is 31.4 Å². The summed E-state index contributed by atoms with van der Waals surface area (Å²) >= 11 is 0. The number of fused-ring (bicyclic) bond motifs is 1. The van der Waals surface area contributed by atoms with Crippen molar-refractivity contribution in [2.24, 2.45) is 5.92 Å². The Morgan fingerprint density at radius 3 is 2.21 bits per heavy atom. The van der Waals surface area contributed by atoms with Gasteiger partial charge in [0.25, 0.3) is 11.6 Å². The van der Waals surface area contributed by atoms with Crippen LogP contribution in [0.4, 0.5) is 17.1 Å². The standard InChI is InChI=1S/C28H27N3O8/c1-4-14-38-19-12-10-17(11-13-19)29-27(32)24-25(20-15-22(36-2)23(37-3)16-21(20)31(34)35)30(39-26(24)28(29)33)18-8-6-5-7-9-18/h5-13,15-16,24-26H,4,14H2,1-3H3/t24-,25+,26+/m1/s1. The van der Waals surface area contributed by atoms with Crippen molar-refractivity contribution in [2.45, 2.75) is 25.5 Å². The van der Waals surface area contributed by atoms with Gasteiger partial charge in [-0.25, -0.2) is 9.96 Å². The Hall–Kier alpha value is -4.64. The summed E-state index contributed by atoms with van der Waals surface area (Å²) in [6.07, 6.45) is -0.348. The van der Waals surface area contributed by atoms with E-state index in [2.05, 4.69) is 0 Å². The molecule has 0 unspecified atom stereocenters. The summed E-state index contributed by atoms with van der Waals surface area (Å²) in [5.41, 5.74) is 0.753. The number of hydrogen-bond acceptors (Lipinski definition) is 9. The third-order valence-electron chi connectivity index (χ3n) is 6.74. The van der Waals surface area contributed by atoms with Crippen molar-refractivity contribution in [1.82, 2.24) is 0 Å². The molecular weight excluding hydrogens is 506 g/mol. The molecule has 2 fully saturated rings. The molecular formula is C28H27N3O8. The molecule has 39 heavy (non-hydrogen) atoms. The Morgan fingerprint density at radius 2 is 1.59 bits per heavy atom. The number of hydroxylamine groups is 1. The first kappa shape index (κ1) is 26.0. The number of nitrogens with zero attached hydrogens (tertiary/aromatic N) is 3. The maximum atomic E-state index is 13.9. The minimum Gasteiger partial charge on any atom is -0.494 e. The highest BCUT2D eigenvalue weighted by Gasteiger charge is 2.61. The van der Waals surface area contributed by atoms with Gasteiger partial charge in [-0.05, 0) is 48.9 Å². The molecule has 2 heterocycles. The van der Waals surface area contributed by atoms with Gasteiger partial charge in [0.2, 0.25) is 5.91 Å². The number of hydrogen-bond donors (Lipinski definition) is 0. The van der Waals surface area contributed by atoms with Gasteiger partial charge in [0.05, 0.1) is 48.8 Å². The lowest BCUT2D eigenvalue weighted by Crippen LogP contribution is -2.37. The molecule has 0 bridgehead atoms. The molecule has 5 rings (SSSR count). The number of carbonyl (C=O) groups excluding carboxylic acids is 2. The highest BCUT2D eigenvalue weighted by atomic mass is 16.7. The fraction of sp³-hybridized carbons (Fsp3) is 0.286. The van der Waals surface area contributed by atoms with E-state index in [9.17, 15) is 19.7 Å². The zero-order valence-electron chi connectivity index (χ0n) is 21.6. The number of amides is 2. The van der Waals surface area contributed by atoms with Crippen molar-refractivity contribution in [1.29, 1.82) is 0 Å². The van der Waals surface area contributed by atoms with E-state index < -0.39 is 34.8 Å². The van der Waals surface area contributed by atoms with Gasteiger partial charge < -0.3 is 14.2 Å². The quantitative estimate of drug-likeness (QED) is 0.223. The van der Waals surface area contributed by atoms with Crippen LogP contribution in [0.5, 0.6) is 17.2 Å². The Labute approximate surface area is 224 Å². The molecule has 3 atom stereocenters. The highest BCUT2D eigenvalue weighted by molar-refractivity contribution is 6.24. The maximum Gasteiger partial charge on any atom is 0.278 e. The van der Waals surface area contributed by atoms with Crippen molar-refractivity contribution in [3.8, 4) is 17.2 Å². The van der Waals surface area contributed by atoms with Crippen LogP contribution in [0.3, 0.4) is 0 Å². The molecule has 11 heteroatoms. The van der Waals surface area contributed by atoms with Crippen molar-refractivity contribution in [3.05, 3.63) is 82.4 Å². The predicted molar refractivity (Wildman–Crippen MR) is 141 cm³/mol. The predicted octanol–water partition coefficient (Wildman–Crippen LogP) is 4.45. The van der Waals surface area contributed by atoms with Gasteiger partial charge in [-0.3, -0.25) is 24.5 Å². The van der Waals surface area contributed by atoms with Gasteiger partial charge in [0, 0.05) is 0 Å². The van der Waals surface area contributed by atoms with Crippen LogP contribution in [0.2, 0.25) is 0 Å². The van der Waals surface area contributed by atoms with Crippen LogP contribution in [0, 0.1) is 16.0 Å². The first-order valence-electron chi connectivity index (χ1n) is 12.4. The number of anilines is 2. The molecule has 0 spiro atoms. The summed E-state index contributed by atoms with van der Waals surface area (Å²) in [6, 6.07) is 17.2. The van der Waals surface area contributed by atoms with E-state index in [0.29, 0.717) is 23.7 Å². The zero-order chi connectivity index (χ0) is 27.7. The molecule has 0 N–H and O–H groups in total. The lowest BCUT2D eigenvalue weighted by Gasteiger charge is -2.29. The van der Waals surface area contributed by atoms with Crippen molar-refractivity contribution in [3.63, 3.8) is 0 Å². The first-order chi connectivity index (χ1) is 18.9. The third kappa shape index (κ3) is 4.50. The Kier molecular flexibility index (Phi) is 7.07. The number of benzene rings is 3. The van der Waals surface area contributed by atoms with Crippen LogP contribution in [0.1, 0.15) is 24.9 Å². The largest absolute Gasteiger partial charge is 0.494 e. The molecule has 3 aromatic rings. The molecule has 0 saturated carbocycles. The van der Waals surface area contributed by atoms with Crippen LogP contribution in [-0.4, -0.2) is 43.7 Å². The number of nitro groups is 1. The van der Waals surface area contributed by atoms with Gasteiger partial charge in [0.1, 0.15) is 17.7 Å². The number of carbonyl (C=O) groups is 2. The number of imide groups is 1. The minimum absolute atomic E-state index is 0.153. The van der Waals surface area contributed by atoms with Crippen LogP contribution in [0.25, 0.3) is 0 Å². The molecule has 2 aliphatic rings. The molecule has 2 aliphatic heterocycles. The lowest BCUT2D eigenvalue weighted by atomic mass is 9.89. The number of para-hydroxylation sites is 1. The monoisotopic (exact) mass is 533 g/mol. The van der Waals surface area contributed by atoms with Gasteiger partial charge in [-0.15, -0.1) is 0 Å². The summed E-state index contributed by atoms with van der Waals surface area (Å²) in [6.45, 7) is 2.53. The number of methoxy groups -OCH3 is 2. The second kappa shape index (κ2) is 10.6. The van der Waals surface area contributed by atoms with E-state index in [4.69, 9.17) is 19.0 Å². The Bertz CT molecular complexity index is 1400. The molecule has 2 amide bonds. The second-order valence-corrected chi connectivity index (χ2v) is 9.04. The fourth-order valence-electron chi connectivity index (χ4n) is 4.97. The van der Waals surface area contributed by atoms with Gasteiger partial charge >= 0.3 is 0 Å². The molecule has 0 radical (unpaired) electrons. The second-order valence-electron chi connectivity index (χ2n) is 9.04. The normalized spacial score (nSPS) is 20.2. The van der Waals surface area contributed by atoms with Crippen LogP contribution in [-0.2, 0) is 14.4 Å². The average molecular weight is 534 g/mol. The Morgan fingerprint density at radius 1 is 0.923 bits per heavy atom. The Balaban J connectivity index is 1.60. The van der Waals surface area contributed by atoms with Gasteiger partial charge in [-0.2, -0.15) is 0 Å². The zero-order valence-corrected chi connectivity index (χ0v) is 21.6. The number of ether oxygens (including phenoxy) is 3. The van der Waals surface area contributed by atoms with Crippen LogP contribution in [0.15, 0.2) is 66.7 Å². The van der Waals surface area contributed by atoms with Crippen LogP contribution < -0.4 is 24.2 Å². The summed E-state index contributed by atoms with van der Waals surface area (Å²) in [5, 5.41) is 13.6. The van der Waals surface area contributed by atoms with E-state index in [0.717, 1.165) is 11.3 Å². The summed E-state index contributed by atoms with van der Waals surface area (Å²) < 4.78 is 16.3. The molecule has 0 aromatic heterocycles. The number of rotatable bonds is 9. The summed E-state index contributed by atoms with van der Waals surface area (Å²) in [7, 11) is 2.79. The minimum atomic E-state index is -1.19. The van der Waals surface area contributed by atoms with Gasteiger partial charge in [0.15, 0.2) is 17.6 Å². The molecule has 3 aromatic carbocycles. The van der Waals surface area contributed by atoms with Crippen molar-refractivity contribution >= 4 is 28.9 Å². The first-order valence-corrected chi connectivity index (χ1v) is 12.4. The van der Waals surface area contributed by atoms with E-state index >= 15 is 0 Å². The van der Waals surface area contributed by atoms with E-state index in [1.54, 1.807) is 54.6 Å². The van der Waals surface area contributed by atoms with E-state index in [1.807, 2.05) is 6.92 Å². The molecule has 0 aliphatic carbocycles. The van der Waals surface area contributed by atoms with Crippen LogP contribution >= 0.6 is 0 Å². The van der Waals surface area contributed by atoms with Gasteiger partial charge in [-0.1, -0.05) is 25.1 Å². The topological polar surface area (TPSA) is 121 Å². The lowest BCUT2D eigenvalue weighted by molar-refractivity contribution is -0.385. The average Bonchev–Trinajstić information content (AvgIpc) is 3.47. The fourth-order valence-corrected chi connectivity index (χ4v) is 4.97. The van der Waals surface area contributed by atoms with Crippen molar-refractivity contribution < 1.29 is 33.6 Å². The smallest absolute Gasteiger partial charge is 0.278 e. The maximum absolute atomic E-state index is 13.9. The SMILES string of the molecule is CCCOc1ccc(N2C(=O)[C@H]3[C@H](ON(c4ccccc4)[C@H]3c3cc(OC)c(OC)cc3[N+](=O)[O-])C2=O)cc1. The number of nitro benzene ring substituents is 1. The molecule has 2 saturated heterocycles. The highest BCUT2D eigenvalue weighted by Crippen LogP contribution is 2.51. The summed E-state index contributed by atoms with van der Waals surface area (Å²) in [4.78, 5) is 46.3. The van der Waals surface area contributed by atoms with E-state index in [-0.39, 0.29) is 22.7 Å². The summed E-state index contributed by atoms with van der Waals surface area (Å²) in [5.74, 6) is -1.13. The molecule has 202 valence electrons. The molecule has 11 nitrogen and oxygen atoms in total.